The Bertz CT molecular complexity index is 175. The van der Waals surface area contributed by atoms with Gasteiger partial charge in [-0.05, 0) is 37.3 Å². The van der Waals surface area contributed by atoms with Gasteiger partial charge in [-0.15, -0.1) is 0 Å². The molecule has 82 valence electrons. The van der Waals surface area contributed by atoms with Crippen molar-refractivity contribution in [2.75, 3.05) is 26.3 Å². The summed E-state index contributed by atoms with van der Waals surface area (Å²) in [5.41, 5.74) is 1.47. The summed E-state index contributed by atoms with van der Waals surface area (Å²) in [5, 5.41) is 3.30. The average molecular weight is 197 g/mol. The molecule has 1 aliphatic rings. The molecule has 1 aliphatic heterocycles. The second kappa shape index (κ2) is 7.02. The van der Waals surface area contributed by atoms with Gasteiger partial charge in [0.05, 0.1) is 6.61 Å². The van der Waals surface area contributed by atoms with Gasteiger partial charge in [0.15, 0.2) is 0 Å². The van der Waals surface area contributed by atoms with Crippen molar-refractivity contribution in [3.63, 3.8) is 0 Å². The van der Waals surface area contributed by atoms with E-state index in [1.165, 1.54) is 18.4 Å². The minimum atomic E-state index is 0.802. The normalized spacial score (nSPS) is 17.2. The third-order valence-electron chi connectivity index (χ3n) is 2.52. The van der Waals surface area contributed by atoms with Gasteiger partial charge >= 0.3 is 0 Å². The quantitative estimate of drug-likeness (QED) is 0.521. The van der Waals surface area contributed by atoms with Crippen molar-refractivity contribution in [2.24, 2.45) is 5.92 Å². The van der Waals surface area contributed by atoms with E-state index in [1.807, 2.05) is 0 Å². The Morgan fingerprint density at radius 3 is 3.00 bits per heavy atom. The summed E-state index contributed by atoms with van der Waals surface area (Å²) >= 11 is 0. The molecule has 0 aromatic rings. The summed E-state index contributed by atoms with van der Waals surface area (Å²) in [7, 11) is 0. The van der Waals surface area contributed by atoms with E-state index in [2.05, 4.69) is 25.2 Å². The van der Waals surface area contributed by atoms with Gasteiger partial charge in [-0.2, -0.15) is 0 Å². The SMILES string of the molecule is CC(C)CCCOCC1=CCNCC1. The fraction of sp³-hybridized carbons (Fsp3) is 0.833. The minimum absolute atomic E-state index is 0.802. The van der Waals surface area contributed by atoms with Crippen LogP contribution < -0.4 is 5.32 Å². The van der Waals surface area contributed by atoms with Crippen LogP contribution in [0.3, 0.4) is 0 Å². The van der Waals surface area contributed by atoms with E-state index in [-0.39, 0.29) is 0 Å². The van der Waals surface area contributed by atoms with Gasteiger partial charge in [-0.3, -0.25) is 0 Å². The molecule has 0 atom stereocenters. The van der Waals surface area contributed by atoms with E-state index in [9.17, 15) is 0 Å². The lowest BCUT2D eigenvalue weighted by Crippen LogP contribution is -2.22. The molecule has 0 saturated heterocycles. The van der Waals surface area contributed by atoms with Crippen LogP contribution in [0, 0.1) is 5.92 Å². The first-order valence-corrected chi connectivity index (χ1v) is 5.75. The molecular formula is C12H23NO. The zero-order valence-corrected chi connectivity index (χ0v) is 9.51. The van der Waals surface area contributed by atoms with E-state index >= 15 is 0 Å². The second-order valence-corrected chi connectivity index (χ2v) is 4.41. The molecule has 0 amide bonds. The predicted molar refractivity (Wildman–Crippen MR) is 60.5 cm³/mol. The lowest BCUT2D eigenvalue weighted by atomic mass is 10.1. The first kappa shape index (κ1) is 11.7. The molecule has 14 heavy (non-hydrogen) atoms. The van der Waals surface area contributed by atoms with Crippen LogP contribution in [0.4, 0.5) is 0 Å². The summed E-state index contributed by atoms with van der Waals surface area (Å²) in [5.74, 6) is 0.802. The van der Waals surface area contributed by atoms with Crippen LogP contribution in [-0.4, -0.2) is 26.3 Å². The topological polar surface area (TPSA) is 21.3 Å². The largest absolute Gasteiger partial charge is 0.377 e. The fourth-order valence-electron chi connectivity index (χ4n) is 1.60. The molecule has 0 saturated carbocycles. The lowest BCUT2D eigenvalue weighted by molar-refractivity contribution is 0.146. The molecule has 1 rings (SSSR count). The molecule has 0 bridgehead atoms. The maximum absolute atomic E-state index is 5.63. The summed E-state index contributed by atoms with van der Waals surface area (Å²) in [6, 6.07) is 0. The van der Waals surface area contributed by atoms with Crippen LogP contribution in [0.2, 0.25) is 0 Å². The van der Waals surface area contributed by atoms with E-state index < -0.39 is 0 Å². The number of rotatable bonds is 6. The molecule has 1 heterocycles. The van der Waals surface area contributed by atoms with Crippen LogP contribution in [0.5, 0.6) is 0 Å². The molecule has 0 spiro atoms. The summed E-state index contributed by atoms with van der Waals surface area (Å²) in [6.45, 7) is 8.42. The zero-order chi connectivity index (χ0) is 10.2. The van der Waals surface area contributed by atoms with Crippen molar-refractivity contribution in [2.45, 2.75) is 33.1 Å². The Labute approximate surface area is 87.7 Å². The Morgan fingerprint density at radius 2 is 2.36 bits per heavy atom. The minimum Gasteiger partial charge on any atom is -0.377 e. The van der Waals surface area contributed by atoms with Crippen molar-refractivity contribution in [1.29, 1.82) is 0 Å². The van der Waals surface area contributed by atoms with Gasteiger partial charge in [0.1, 0.15) is 0 Å². The first-order valence-electron chi connectivity index (χ1n) is 5.75. The predicted octanol–water partition coefficient (Wildman–Crippen LogP) is 2.36. The molecular weight excluding hydrogens is 174 g/mol. The standard InChI is InChI=1S/C12H23NO/c1-11(2)4-3-9-14-10-12-5-7-13-8-6-12/h5,11,13H,3-4,6-10H2,1-2H3. The van der Waals surface area contributed by atoms with E-state index in [1.54, 1.807) is 0 Å². The molecule has 2 heteroatoms. The highest BCUT2D eigenvalue weighted by Crippen LogP contribution is 2.07. The molecule has 0 radical (unpaired) electrons. The Kier molecular flexibility index (Phi) is 5.88. The Morgan fingerprint density at radius 1 is 1.50 bits per heavy atom. The van der Waals surface area contributed by atoms with Gasteiger partial charge in [0.2, 0.25) is 0 Å². The average Bonchev–Trinajstić information content (AvgIpc) is 2.18. The van der Waals surface area contributed by atoms with Crippen LogP contribution in [0.15, 0.2) is 11.6 Å². The molecule has 1 N–H and O–H groups in total. The maximum Gasteiger partial charge on any atom is 0.0677 e. The smallest absolute Gasteiger partial charge is 0.0677 e. The van der Waals surface area contributed by atoms with Crippen molar-refractivity contribution in [1.82, 2.24) is 5.32 Å². The highest BCUT2D eigenvalue weighted by molar-refractivity contribution is 5.06. The first-order chi connectivity index (χ1) is 6.79. The lowest BCUT2D eigenvalue weighted by Gasteiger charge is -2.14. The van der Waals surface area contributed by atoms with Gasteiger partial charge in [0.25, 0.3) is 0 Å². The van der Waals surface area contributed by atoms with E-state index in [4.69, 9.17) is 4.74 Å². The van der Waals surface area contributed by atoms with Gasteiger partial charge in [-0.25, -0.2) is 0 Å². The van der Waals surface area contributed by atoms with E-state index in [0.717, 1.165) is 38.6 Å². The number of hydrogen-bond donors (Lipinski definition) is 1. The van der Waals surface area contributed by atoms with Gasteiger partial charge < -0.3 is 10.1 Å². The number of ether oxygens (including phenoxy) is 1. The molecule has 2 nitrogen and oxygen atoms in total. The van der Waals surface area contributed by atoms with Crippen LogP contribution in [0.25, 0.3) is 0 Å². The molecule has 0 fully saturated rings. The van der Waals surface area contributed by atoms with Crippen molar-refractivity contribution < 1.29 is 4.74 Å². The van der Waals surface area contributed by atoms with Crippen molar-refractivity contribution >= 4 is 0 Å². The molecule has 0 aromatic heterocycles. The second-order valence-electron chi connectivity index (χ2n) is 4.41. The molecule has 0 aliphatic carbocycles. The van der Waals surface area contributed by atoms with Gasteiger partial charge in [-0.1, -0.05) is 19.9 Å². The van der Waals surface area contributed by atoms with Crippen LogP contribution in [0.1, 0.15) is 33.1 Å². The summed E-state index contributed by atoms with van der Waals surface area (Å²) in [6.07, 6.45) is 5.89. The Hall–Kier alpha value is -0.340. The fourth-order valence-corrected chi connectivity index (χ4v) is 1.60. The molecule has 0 aromatic carbocycles. The number of nitrogens with one attached hydrogen (secondary N) is 1. The third kappa shape index (κ3) is 5.40. The van der Waals surface area contributed by atoms with Crippen LogP contribution in [-0.2, 0) is 4.74 Å². The Balaban J connectivity index is 1.95. The molecule has 0 unspecified atom stereocenters. The van der Waals surface area contributed by atoms with E-state index in [0.29, 0.717) is 0 Å². The monoisotopic (exact) mass is 197 g/mol. The highest BCUT2D eigenvalue weighted by atomic mass is 16.5. The summed E-state index contributed by atoms with van der Waals surface area (Å²) in [4.78, 5) is 0. The zero-order valence-electron chi connectivity index (χ0n) is 9.51. The van der Waals surface area contributed by atoms with Crippen LogP contribution >= 0.6 is 0 Å². The number of hydrogen-bond acceptors (Lipinski definition) is 2. The third-order valence-corrected chi connectivity index (χ3v) is 2.52. The highest BCUT2D eigenvalue weighted by Gasteiger charge is 2.02. The maximum atomic E-state index is 5.63. The van der Waals surface area contributed by atoms with Crippen molar-refractivity contribution in [3.8, 4) is 0 Å². The van der Waals surface area contributed by atoms with Crippen molar-refractivity contribution in [3.05, 3.63) is 11.6 Å². The summed E-state index contributed by atoms with van der Waals surface area (Å²) < 4.78 is 5.63. The van der Waals surface area contributed by atoms with Gasteiger partial charge in [0, 0.05) is 13.2 Å².